The van der Waals surface area contributed by atoms with Crippen molar-refractivity contribution < 1.29 is 4.52 Å². The van der Waals surface area contributed by atoms with Gasteiger partial charge < -0.3 is 10.3 Å². The molecule has 0 aliphatic heterocycles. The molecule has 0 saturated heterocycles. The molecule has 4 rings (SSSR count). The van der Waals surface area contributed by atoms with Gasteiger partial charge in [-0.25, -0.2) is 4.68 Å². The van der Waals surface area contributed by atoms with Crippen molar-refractivity contribution in [3.8, 4) is 17.3 Å². The fourth-order valence-electron chi connectivity index (χ4n) is 2.50. The van der Waals surface area contributed by atoms with Gasteiger partial charge in [-0.3, -0.25) is 0 Å². The number of hydrogen-bond donors (Lipinski definition) is 1. The molecule has 1 aliphatic rings. The molecule has 7 heteroatoms. The first kappa shape index (κ1) is 13.1. The lowest BCUT2D eigenvalue weighted by atomic mass is 9.77. The second-order valence-corrected chi connectivity index (χ2v) is 5.82. The second kappa shape index (κ2) is 4.74. The summed E-state index contributed by atoms with van der Waals surface area (Å²) < 4.78 is 6.96. The van der Waals surface area contributed by atoms with Crippen LogP contribution < -0.4 is 5.73 Å². The number of nitrogens with zero attached hydrogens (tertiary/aromatic N) is 5. The molecule has 7 nitrogen and oxygen atoms in total. The van der Waals surface area contributed by atoms with Crippen molar-refractivity contribution in [1.29, 1.82) is 0 Å². The topological polar surface area (TPSA) is 95.7 Å². The van der Waals surface area contributed by atoms with Gasteiger partial charge in [0.15, 0.2) is 11.5 Å². The van der Waals surface area contributed by atoms with Crippen molar-refractivity contribution in [3.05, 3.63) is 41.9 Å². The highest BCUT2D eigenvalue weighted by molar-refractivity contribution is 5.46. The minimum atomic E-state index is -0.436. The van der Waals surface area contributed by atoms with Crippen molar-refractivity contribution in [1.82, 2.24) is 25.1 Å². The van der Waals surface area contributed by atoms with Crippen LogP contribution >= 0.6 is 0 Å². The first-order valence-electron chi connectivity index (χ1n) is 7.27. The predicted molar refractivity (Wildman–Crippen MR) is 79.1 cm³/mol. The minimum absolute atomic E-state index is 0.352. The lowest BCUT2D eigenvalue weighted by Crippen LogP contribution is -2.44. The Morgan fingerprint density at radius 2 is 2.00 bits per heavy atom. The SMILES string of the molecule is Cc1ccc(-n2cc(-c3nc(C4(N)CCC4)no3)nn2)cc1. The molecule has 1 saturated carbocycles. The average molecular weight is 296 g/mol. The van der Waals surface area contributed by atoms with Crippen LogP contribution in [-0.4, -0.2) is 25.1 Å². The summed E-state index contributed by atoms with van der Waals surface area (Å²) in [6.07, 6.45) is 4.65. The zero-order chi connectivity index (χ0) is 15.2. The van der Waals surface area contributed by atoms with Gasteiger partial charge in [0.2, 0.25) is 0 Å². The van der Waals surface area contributed by atoms with Crippen molar-refractivity contribution in [3.63, 3.8) is 0 Å². The number of rotatable bonds is 3. The molecule has 0 amide bonds. The van der Waals surface area contributed by atoms with E-state index in [-0.39, 0.29) is 0 Å². The summed E-state index contributed by atoms with van der Waals surface area (Å²) in [4.78, 5) is 4.38. The Hall–Kier alpha value is -2.54. The first-order chi connectivity index (χ1) is 10.6. The summed E-state index contributed by atoms with van der Waals surface area (Å²) >= 11 is 0. The number of nitrogens with two attached hydrogens (primary N) is 1. The monoisotopic (exact) mass is 296 g/mol. The molecule has 0 spiro atoms. The van der Waals surface area contributed by atoms with E-state index in [1.807, 2.05) is 31.2 Å². The maximum absolute atomic E-state index is 6.20. The van der Waals surface area contributed by atoms with Crippen LogP contribution in [0.5, 0.6) is 0 Å². The van der Waals surface area contributed by atoms with Crippen molar-refractivity contribution in [2.24, 2.45) is 5.73 Å². The van der Waals surface area contributed by atoms with E-state index in [1.165, 1.54) is 5.56 Å². The van der Waals surface area contributed by atoms with Gasteiger partial charge in [0.05, 0.1) is 17.4 Å². The fourth-order valence-corrected chi connectivity index (χ4v) is 2.50. The average Bonchev–Trinajstić information content (AvgIpc) is 3.14. The van der Waals surface area contributed by atoms with Crippen LogP contribution in [0.4, 0.5) is 0 Å². The summed E-state index contributed by atoms with van der Waals surface area (Å²) in [6.45, 7) is 2.04. The highest BCUT2D eigenvalue weighted by Crippen LogP contribution is 2.37. The summed E-state index contributed by atoms with van der Waals surface area (Å²) in [5.41, 5.74) is 8.43. The molecule has 112 valence electrons. The number of benzene rings is 1. The molecule has 2 heterocycles. The van der Waals surface area contributed by atoms with Crippen LogP contribution in [0, 0.1) is 6.92 Å². The van der Waals surface area contributed by atoms with Crippen molar-refractivity contribution in [2.75, 3.05) is 0 Å². The largest absolute Gasteiger partial charge is 0.332 e. The lowest BCUT2D eigenvalue weighted by Gasteiger charge is -2.34. The molecule has 1 fully saturated rings. The van der Waals surface area contributed by atoms with E-state index < -0.39 is 5.54 Å². The zero-order valence-corrected chi connectivity index (χ0v) is 12.2. The van der Waals surface area contributed by atoms with Gasteiger partial charge in [0, 0.05) is 0 Å². The molecular weight excluding hydrogens is 280 g/mol. The maximum atomic E-state index is 6.20. The zero-order valence-electron chi connectivity index (χ0n) is 12.2. The van der Waals surface area contributed by atoms with Gasteiger partial charge in [0.25, 0.3) is 5.89 Å². The Kier molecular flexibility index (Phi) is 2.83. The van der Waals surface area contributed by atoms with E-state index in [0.717, 1.165) is 24.9 Å². The molecule has 0 atom stereocenters. The molecule has 1 aliphatic carbocycles. The molecule has 22 heavy (non-hydrogen) atoms. The molecule has 2 N–H and O–H groups in total. The molecule has 0 bridgehead atoms. The summed E-state index contributed by atoms with van der Waals surface area (Å²) in [5.74, 6) is 0.906. The van der Waals surface area contributed by atoms with E-state index in [9.17, 15) is 0 Å². The minimum Gasteiger partial charge on any atom is -0.332 e. The fraction of sp³-hybridized carbons (Fsp3) is 0.333. The van der Waals surface area contributed by atoms with Gasteiger partial charge in [-0.05, 0) is 38.3 Å². The Morgan fingerprint density at radius 3 is 2.68 bits per heavy atom. The highest BCUT2D eigenvalue weighted by Gasteiger charge is 2.39. The molecule has 2 aromatic heterocycles. The summed E-state index contributed by atoms with van der Waals surface area (Å²) in [7, 11) is 0. The lowest BCUT2D eigenvalue weighted by molar-refractivity contribution is 0.229. The quantitative estimate of drug-likeness (QED) is 0.793. The number of aryl methyl sites for hydroxylation is 1. The predicted octanol–water partition coefficient (Wildman–Crippen LogP) is 1.96. The molecule has 0 radical (unpaired) electrons. The molecule has 3 aromatic rings. The Bertz CT molecular complexity index is 800. The number of aromatic nitrogens is 5. The highest BCUT2D eigenvalue weighted by atomic mass is 16.5. The van der Waals surface area contributed by atoms with E-state index in [0.29, 0.717) is 17.4 Å². The summed E-state index contributed by atoms with van der Waals surface area (Å²) in [5, 5.41) is 12.2. The van der Waals surface area contributed by atoms with Crippen LogP contribution in [0.15, 0.2) is 35.0 Å². The Balaban J connectivity index is 1.63. The smallest absolute Gasteiger partial charge is 0.280 e. The molecule has 0 unspecified atom stereocenters. The third-order valence-corrected chi connectivity index (χ3v) is 4.13. The maximum Gasteiger partial charge on any atom is 0.280 e. The van der Waals surface area contributed by atoms with E-state index in [2.05, 4.69) is 20.5 Å². The summed E-state index contributed by atoms with van der Waals surface area (Å²) in [6, 6.07) is 8.01. The van der Waals surface area contributed by atoms with Crippen molar-refractivity contribution in [2.45, 2.75) is 31.7 Å². The van der Waals surface area contributed by atoms with Crippen LogP contribution in [0.3, 0.4) is 0 Å². The van der Waals surface area contributed by atoms with E-state index >= 15 is 0 Å². The second-order valence-electron chi connectivity index (χ2n) is 5.82. The standard InChI is InChI=1S/C15H16N6O/c1-10-3-5-11(6-4-10)21-9-12(18-20-21)13-17-14(19-22-13)15(16)7-2-8-15/h3-6,9H,2,7-8,16H2,1H3. The Labute approximate surface area is 127 Å². The first-order valence-corrected chi connectivity index (χ1v) is 7.27. The van der Waals surface area contributed by atoms with Gasteiger partial charge >= 0.3 is 0 Å². The van der Waals surface area contributed by atoms with Gasteiger partial charge in [0.1, 0.15) is 0 Å². The molecule has 1 aromatic carbocycles. The van der Waals surface area contributed by atoms with E-state index in [1.54, 1.807) is 10.9 Å². The number of hydrogen-bond acceptors (Lipinski definition) is 6. The molecular formula is C15H16N6O. The van der Waals surface area contributed by atoms with E-state index in [4.69, 9.17) is 10.3 Å². The Morgan fingerprint density at radius 1 is 1.23 bits per heavy atom. The van der Waals surface area contributed by atoms with Crippen LogP contribution in [-0.2, 0) is 5.54 Å². The van der Waals surface area contributed by atoms with Gasteiger partial charge in [-0.15, -0.1) is 5.10 Å². The van der Waals surface area contributed by atoms with Crippen LogP contribution in [0.1, 0.15) is 30.7 Å². The third-order valence-electron chi connectivity index (χ3n) is 4.13. The van der Waals surface area contributed by atoms with Crippen LogP contribution in [0.25, 0.3) is 17.3 Å². The van der Waals surface area contributed by atoms with Gasteiger partial charge in [-0.2, -0.15) is 4.98 Å². The van der Waals surface area contributed by atoms with Crippen molar-refractivity contribution >= 4 is 0 Å². The normalized spacial score (nSPS) is 16.5. The van der Waals surface area contributed by atoms with Crippen LogP contribution in [0.2, 0.25) is 0 Å². The van der Waals surface area contributed by atoms with Gasteiger partial charge in [-0.1, -0.05) is 28.1 Å². The third kappa shape index (κ3) is 2.10.